The Morgan fingerprint density at radius 2 is 2.00 bits per heavy atom. The number of amides is 2. The minimum Gasteiger partial charge on any atom is -0.303 e. The summed E-state index contributed by atoms with van der Waals surface area (Å²) in [5.74, 6) is 2.27. The molecule has 120 valence electrons. The molecule has 2 aliphatic rings. The zero-order chi connectivity index (χ0) is 15.2. The van der Waals surface area contributed by atoms with Gasteiger partial charge in [-0.05, 0) is 37.7 Å². The lowest BCUT2D eigenvalue weighted by molar-refractivity contribution is -0.142. The van der Waals surface area contributed by atoms with Gasteiger partial charge in [-0.1, -0.05) is 26.2 Å². The van der Waals surface area contributed by atoms with Gasteiger partial charge in [0, 0.05) is 12.1 Å². The van der Waals surface area contributed by atoms with E-state index < -0.39 is 0 Å². The van der Waals surface area contributed by atoms with Gasteiger partial charge in [0.15, 0.2) is 0 Å². The lowest BCUT2D eigenvalue weighted by atomic mass is 9.94. The largest absolute Gasteiger partial charge is 0.303 e. The third-order valence-corrected chi connectivity index (χ3v) is 5.44. The van der Waals surface area contributed by atoms with Crippen molar-refractivity contribution in [3.05, 3.63) is 0 Å². The smallest absolute Gasteiger partial charge is 0.247 e. The normalized spacial score (nSPS) is 25.6. The van der Waals surface area contributed by atoms with Gasteiger partial charge >= 0.3 is 0 Å². The van der Waals surface area contributed by atoms with Gasteiger partial charge in [0.1, 0.15) is 0 Å². The number of nitrogens with zero attached hydrogens (tertiary/aromatic N) is 1. The van der Waals surface area contributed by atoms with Crippen LogP contribution in [0, 0.1) is 0 Å². The number of carbonyl (C=O) groups excluding carboxylic acids is 2. The average Bonchev–Trinajstić information content (AvgIpc) is 2.74. The number of nitrogens with one attached hydrogen (secondary N) is 1. The molecule has 1 N–H and O–H groups in total. The van der Waals surface area contributed by atoms with Gasteiger partial charge in [-0.3, -0.25) is 14.5 Å². The molecule has 1 heterocycles. The minimum absolute atomic E-state index is 0.0156. The highest BCUT2D eigenvalue weighted by atomic mass is 32.2. The number of likely N-dealkylation sites (tertiary alicyclic amines) is 1. The highest BCUT2D eigenvalue weighted by Gasteiger charge is 2.42. The Bertz CT molecular complexity index is 369. The van der Waals surface area contributed by atoms with Crippen molar-refractivity contribution < 1.29 is 9.59 Å². The maximum Gasteiger partial charge on any atom is 0.247 e. The van der Waals surface area contributed by atoms with Gasteiger partial charge in [0.05, 0.1) is 12.5 Å². The van der Waals surface area contributed by atoms with Crippen LogP contribution in [0.1, 0.15) is 58.8 Å². The van der Waals surface area contributed by atoms with Crippen LogP contribution in [0.25, 0.3) is 0 Å². The molecule has 2 amide bonds. The fraction of sp³-hybridized carbons (Fsp3) is 0.875. The molecule has 1 aliphatic carbocycles. The van der Waals surface area contributed by atoms with Gasteiger partial charge in [-0.25, -0.2) is 0 Å². The van der Waals surface area contributed by atoms with Crippen molar-refractivity contribution in [3.8, 4) is 0 Å². The number of rotatable bonds is 7. The van der Waals surface area contributed by atoms with E-state index in [1.165, 1.54) is 6.42 Å². The van der Waals surface area contributed by atoms with Gasteiger partial charge < -0.3 is 5.32 Å². The first-order valence-corrected chi connectivity index (χ1v) is 9.48. The van der Waals surface area contributed by atoms with Crippen LogP contribution in [-0.2, 0) is 9.59 Å². The zero-order valence-corrected chi connectivity index (χ0v) is 14.1. The van der Waals surface area contributed by atoms with Crippen LogP contribution in [0.15, 0.2) is 0 Å². The molecule has 0 spiro atoms. The highest BCUT2D eigenvalue weighted by Crippen LogP contribution is 2.27. The Labute approximate surface area is 132 Å². The van der Waals surface area contributed by atoms with E-state index >= 15 is 0 Å². The van der Waals surface area contributed by atoms with Gasteiger partial charge in [0.2, 0.25) is 11.8 Å². The predicted molar refractivity (Wildman–Crippen MR) is 87.3 cm³/mol. The molecule has 5 heteroatoms. The van der Waals surface area contributed by atoms with E-state index in [-0.39, 0.29) is 29.9 Å². The van der Waals surface area contributed by atoms with Crippen molar-refractivity contribution in [2.75, 3.05) is 11.5 Å². The Morgan fingerprint density at radius 3 is 2.67 bits per heavy atom. The van der Waals surface area contributed by atoms with Crippen LogP contribution in [-0.4, -0.2) is 46.3 Å². The number of imide groups is 1. The minimum atomic E-state index is -0.291. The van der Waals surface area contributed by atoms with Crippen molar-refractivity contribution >= 4 is 23.6 Å². The molecular formula is C16H28N2O2S. The number of carbonyl (C=O) groups is 2. The summed E-state index contributed by atoms with van der Waals surface area (Å²) in [6.45, 7) is 4.27. The van der Waals surface area contributed by atoms with E-state index in [2.05, 4.69) is 19.2 Å². The van der Waals surface area contributed by atoms with Crippen LogP contribution in [0.5, 0.6) is 0 Å². The van der Waals surface area contributed by atoms with E-state index in [0.29, 0.717) is 6.42 Å². The molecule has 2 unspecified atom stereocenters. The maximum atomic E-state index is 12.5. The summed E-state index contributed by atoms with van der Waals surface area (Å²) in [5.41, 5.74) is 0. The Kier molecular flexibility index (Phi) is 6.55. The highest BCUT2D eigenvalue weighted by molar-refractivity contribution is 7.99. The molecule has 2 fully saturated rings. The third kappa shape index (κ3) is 4.46. The van der Waals surface area contributed by atoms with E-state index in [1.807, 2.05) is 11.8 Å². The molecule has 2 rings (SSSR count). The fourth-order valence-electron chi connectivity index (χ4n) is 3.34. The average molecular weight is 312 g/mol. The third-order valence-electron chi connectivity index (χ3n) is 4.51. The van der Waals surface area contributed by atoms with Crippen molar-refractivity contribution in [1.82, 2.24) is 10.2 Å². The zero-order valence-electron chi connectivity index (χ0n) is 13.3. The van der Waals surface area contributed by atoms with Crippen LogP contribution in [0.4, 0.5) is 0 Å². The second kappa shape index (κ2) is 8.18. The fourth-order valence-corrected chi connectivity index (χ4v) is 4.14. The standard InChI is InChI=1S/C16H28N2O2S/c1-3-21-10-9-12(2)17-14-11-15(19)18(16(14)20)13-7-5-4-6-8-13/h12-14,17H,3-11H2,1-2H3. The van der Waals surface area contributed by atoms with Gasteiger partial charge in [-0.2, -0.15) is 11.8 Å². The monoisotopic (exact) mass is 312 g/mol. The number of hydrogen-bond donors (Lipinski definition) is 1. The van der Waals surface area contributed by atoms with E-state index in [4.69, 9.17) is 0 Å². The molecule has 0 radical (unpaired) electrons. The summed E-state index contributed by atoms with van der Waals surface area (Å²) in [6.07, 6.45) is 6.90. The van der Waals surface area contributed by atoms with E-state index in [9.17, 15) is 9.59 Å². The summed E-state index contributed by atoms with van der Waals surface area (Å²) in [4.78, 5) is 26.3. The summed E-state index contributed by atoms with van der Waals surface area (Å²) in [5, 5.41) is 3.36. The summed E-state index contributed by atoms with van der Waals surface area (Å²) in [6, 6.07) is 0.162. The molecule has 0 aromatic rings. The first kappa shape index (κ1) is 16.8. The van der Waals surface area contributed by atoms with Crippen molar-refractivity contribution in [2.24, 2.45) is 0 Å². The SMILES string of the molecule is CCSCCC(C)NC1CC(=O)N(C2CCCCC2)C1=O. The first-order valence-electron chi connectivity index (χ1n) is 8.33. The molecule has 1 saturated heterocycles. The lowest BCUT2D eigenvalue weighted by Gasteiger charge is -2.30. The molecular weight excluding hydrogens is 284 g/mol. The molecule has 21 heavy (non-hydrogen) atoms. The van der Waals surface area contributed by atoms with E-state index in [0.717, 1.165) is 43.6 Å². The first-order chi connectivity index (χ1) is 10.1. The molecule has 0 aromatic heterocycles. The topological polar surface area (TPSA) is 49.4 Å². The van der Waals surface area contributed by atoms with Crippen LogP contribution in [0.3, 0.4) is 0 Å². The Hall–Kier alpha value is -0.550. The summed E-state index contributed by atoms with van der Waals surface area (Å²) in [7, 11) is 0. The van der Waals surface area contributed by atoms with Crippen LogP contribution >= 0.6 is 11.8 Å². The molecule has 0 bridgehead atoms. The van der Waals surface area contributed by atoms with Crippen molar-refractivity contribution in [1.29, 1.82) is 0 Å². The summed E-state index contributed by atoms with van der Waals surface area (Å²) < 4.78 is 0. The van der Waals surface area contributed by atoms with Crippen molar-refractivity contribution in [2.45, 2.75) is 76.9 Å². The molecule has 1 saturated carbocycles. The second-order valence-electron chi connectivity index (χ2n) is 6.20. The van der Waals surface area contributed by atoms with Crippen LogP contribution in [0.2, 0.25) is 0 Å². The number of thioether (sulfide) groups is 1. The van der Waals surface area contributed by atoms with Crippen LogP contribution < -0.4 is 5.32 Å². The maximum absolute atomic E-state index is 12.5. The Balaban J connectivity index is 1.85. The molecule has 2 atom stereocenters. The molecule has 0 aromatic carbocycles. The predicted octanol–water partition coefficient (Wildman–Crippen LogP) is 2.57. The van der Waals surface area contributed by atoms with Crippen molar-refractivity contribution in [3.63, 3.8) is 0 Å². The molecule has 1 aliphatic heterocycles. The van der Waals surface area contributed by atoms with E-state index in [1.54, 1.807) is 4.90 Å². The lowest BCUT2D eigenvalue weighted by Crippen LogP contribution is -2.46. The quantitative estimate of drug-likeness (QED) is 0.580. The molecule has 4 nitrogen and oxygen atoms in total. The number of hydrogen-bond acceptors (Lipinski definition) is 4. The van der Waals surface area contributed by atoms with Gasteiger partial charge in [-0.15, -0.1) is 0 Å². The summed E-state index contributed by atoms with van der Waals surface area (Å²) >= 11 is 1.92. The second-order valence-corrected chi connectivity index (χ2v) is 7.60. The van der Waals surface area contributed by atoms with Gasteiger partial charge in [0.25, 0.3) is 0 Å². The Morgan fingerprint density at radius 1 is 1.29 bits per heavy atom.